The predicted molar refractivity (Wildman–Crippen MR) is 83.6 cm³/mol. The fraction of sp³-hybridized carbons (Fsp3) is 0.562. The molecular weight excluding hydrogens is 268 g/mol. The van der Waals surface area contributed by atoms with Crippen LogP contribution in [0.1, 0.15) is 24.5 Å². The van der Waals surface area contributed by atoms with E-state index in [-0.39, 0.29) is 12.5 Å². The quantitative estimate of drug-likeness (QED) is 0.644. The average molecular weight is 294 g/mol. The number of carbonyl (C=O) groups excluding carboxylic acids is 1. The van der Waals surface area contributed by atoms with Crippen molar-refractivity contribution in [2.75, 3.05) is 33.4 Å². The zero-order valence-electron chi connectivity index (χ0n) is 13.2. The molecule has 0 saturated heterocycles. The number of carbonyl (C=O) groups is 1. The van der Waals surface area contributed by atoms with Crippen molar-refractivity contribution in [3.63, 3.8) is 0 Å². The Balaban J connectivity index is 2.44. The normalized spacial score (nSPS) is 10.4. The van der Waals surface area contributed by atoms with E-state index in [1.165, 1.54) is 5.56 Å². The summed E-state index contributed by atoms with van der Waals surface area (Å²) in [6.07, 6.45) is 0.804. The van der Waals surface area contributed by atoms with E-state index in [0.29, 0.717) is 13.2 Å². The lowest BCUT2D eigenvalue weighted by Crippen LogP contribution is -2.30. The van der Waals surface area contributed by atoms with Gasteiger partial charge in [0.15, 0.2) is 6.61 Å². The second-order valence-corrected chi connectivity index (χ2v) is 4.88. The molecule has 0 spiro atoms. The van der Waals surface area contributed by atoms with Crippen molar-refractivity contribution in [1.29, 1.82) is 0 Å². The van der Waals surface area contributed by atoms with E-state index >= 15 is 0 Å². The third-order valence-electron chi connectivity index (χ3n) is 2.99. The van der Waals surface area contributed by atoms with E-state index in [1.807, 2.05) is 19.1 Å². The van der Waals surface area contributed by atoms with Gasteiger partial charge in [-0.3, -0.25) is 4.79 Å². The van der Waals surface area contributed by atoms with Gasteiger partial charge < -0.3 is 20.1 Å². The molecule has 1 amide bonds. The zero-order chi connectivity index (χ0) is 15.5. The molecular formula is C16H26N2O3. The Kier molecular flexibility index (Phi) is 8.47. The van der Waals surface area contributed by atoms with Crippen molar-refractivity contribution in [2.24, 2.45) is 0 Å². The van der Waals surface area contributed by atoms with Crippen LogP contribution >= 0.6 is 0 Å². The molecule has 0 heterocycles. The molecule has 0 bridgehead atoms. The fourth-order valence-electron chi connectivity index (χ4n) is 1.89. The summed E-state index contributed by atoms with van der Waals surface area (Å²) >= 11 is 0. The van der Waals surface area contributed by atoms with Crippen LogP contribution < -0.4 is 15.4 Å². The van der Waals surface area contributed by atoms with Crippen molar-refractivity contribution in [1.82, 2.24) is 10.6 Å². The zero-order valence-corrected chi connectivity index (χ0v) is 13.2. The molecule has 5 nitrogen and oxygen atoms in total. The first kappa shape index (κ1) is 17.5. The molecule has 0 saturated carbocycles. The Hall–Kier alpha value is -1.59. The van der Waals surface area contributed by atoms with Crippen LogP contribution in [0.25, 0.3) is 0 Å². The molecule has 0 aliphatic heterocycles. The average Bonchev–Trinajstić information content (AvgIpc) is 2.48. The summed E-state index contributed by atoms with van der Waals surface area (Å²) in [4.78, 5) is 11.7. The Labute approximate surface area is 127 Å². The summed E-state index contributed by atoms with van der Waals surface area (Å²) in [6.45, 7) is 7.02. The molecule has 0 aromatic heterocycles. The highest BCUT2D eigenvalue weighted by Crippen LogP contribution is 2.19. The molecule has 5 heteroatoms. The third kappa shape index (κ3) is 7.11. The summed E-state index contributed by atoms with van der Waals surface area (Å²) in [6, 6.07) is 5.98. The molecule has 0 aliphatic carbocycles. The smallest absolute Gasteiger partial charge is 0.257 e. The molecule has 118 valence electrons. The van der Waals surface area contributed by atoms with E-state index in [2.05, 4.69) is 23.6 Å². The fourth-order valence-corrected chi connectivity index (χ4v) is 1.89. The Morgan fingerprint density at radius 1 is 1.33 bits per heavy atom. The highest BCUT2D eigenvalue weighted by atomic mass is 16.5. The summed E-state index contributed by atoms with van der Waals surface area (Å²) in [7, 11) is 1.65. The molecule has 0 unspecified atom stereocenters. The molecule has 1 rings (SSSR count). The van der Waals surface area contributed by atoms with Crippen molar-refractivity contribution < 1.29 is 14.3 Å². The highest BCUT2D eigenvalue weighted by molar-refractivity contribution is 5.77. The number of hydrogen-bond donors (Lipinski definition) is 2. The second-order valence-electron chi connectivity index (χ2n) is 4.88. The maximum Gasteiger partial charge on any atom is 0.257 e. The van der Waals surface area contributed by atoms with Crippen LogP contribution in [0, 0.1) is 6.92 Å². The minimum atomic E-state index is -0.110. The Morgan fingerprint density at radius 2 is 2.14 bits per heavy atom. The largest absolute Gasteiger partial charge is 0.483 e. The second kappa shape index (κ2) is 10.2. The molecule has 21 heavy (non-hydrogen) atoms. The van der Waals surface area contributed by atoms with Gasteiger partial charge >= 0.3 is 0 Å². The number of benzene rings is 1. The molecule has 0 aliphatic rings. The number of nitrogens with one attached hydrogen (secondary N) is 2. The van der Waals surface area contributed by atoms with Crippen molar-refractivity contribution in [3.8, 4) is 5.75 Å². The minimum Gasteiger partial charge on any atom is -0.483 e. The van der Waals surface area contributed by atoms with Gasteiger partial charge in [-0.15, -0.1) is 0 Å². The van der Waals surface area contributed by atoms with Crippen LogP contribution in [0.2, 0.25) is 0 Å². The first-order valence-electron chi connectivity index (χ1n) is 7.36. The summed E-state index contributed by atoms with van der Waals surface area (Å²) in [5, 5.41) is 6.08. The monoisotopic (exact) mass is 294 g/mol. The van der Waals surface area contributed by atoms with Crippen LogP contribution in [0.15, 0.2) is 18.2 Å². The van der Waals surface area contributed by atoms with Gasteiger partial charge in [-0.2, -0.15) is 0 Å². The SMILES string of the molecule is CCNCc1cc(C)ccc1OCC(=O)NCCCOC. The van der Waals surface area contributed by atoms with Crippen LogP contribution in [0.3, 0.4) is 0 Å². The number of aryl methyl sites for hydroxylation is 1. The first-order valence-corrected chi connectivity index (χ1v) is 7.36. The maximum atomic E-state index is 11.7. The van der Waals surface area contributed by atoms with Crippen molar-refractivity contribution in [3.05, 3.63) is 29.3 Å². The summed E-state index contributed by atoms with van der Waals surface area (Å²) in [5.74, 6) is 0.648. The highest BCUT2D eigenvalue weighted by Gasteiger charge is 2.07. The van der Waals surface area contributed by atoms with Gasteiger partial charge in [0.2, 0.25) is 0 Å². The van der Waals surface area contributed by atoms with Gasteiger partial charge in [0, 0.05) is 32.4 Å². The van der Waals surface area contributed by atoms with Crippen LogP contribution in [0.4, 0.5) is 0 Å². The molecule has 0 atom stereocenters. The number of rotatable bonds is 10. The van der Waals surface area contributed by atoms with E-state index in [9.17, 15) is 4.79 Å². The molecule has 1 aromatic rings. The lowest BCUT2D eigenvalue weighted by molar-refractivity contribution is -0.123. The molecule has 2 N–H and O–H groups in total. The molecule has 0 fully saturated rings. The van der Waals surface area contributed by atoms with Gasteiger partial charge in [-0.05, 0) is 26.0 Å². The minimum absolute atomic E-state index is 0.0369. The van der Waals surface area contributed by atoms with Crippen molar-refractivity contribution in [2.45, 2.75) is 26.8 Å². The van der Waals surface area contributed by atoms with Gasteiger partial charge in [-0.25, -0.2) is 0 Å². The Bertz CT molecular complexity index is 436. The van der Waals surface area contributed by atoms with Gasteiger partial charge in [-0.1, -0.05) is 24.6 Å². The Morgan fingerprint density at radius 3 is 2.86 bits per heavy atom. The van der Waals surface area contributed by atoms with E-state index < -0.39 is 0 Å². The van der Waals surface area contributed by atoms with Crippen LogP contribution in [-0.2, 0) is 16.1 Å². The topological polar surface area (TPSA) is 59.6 Å². The van der Waals surface area contributed by atoms with E-state index in [1.54, 1.807) is 7.11 Å². The summed E-state index contributed by atoms with van der Waals surface area (Å²) < 4.78 is 10.6. The number of ether oxygens (including phenoxy) is 2. The predicted octanol–water partition coefficient (Wildman–Crippen LogP) is 1.64. The third-order valence-corrected chi connectivity index (χ3v) is 2.99. The van der Waals surface area contributed by atoms with Gasteiger partial charge in [0.25, 0.3) is 5.91 Å². The number of methoxy groups -OCH3 is 1. The molecule has 1 aromatic carbocycles. The lowest BCUT2D eigenvalue weighted by atomic mass is 10.1. The summed E-state index contributed by atoms with van der Waals surface area (Å²) in [5.41, 5.74) is 2.25. The van der Waals surface area contributed by atoms with Crippen LogP contribution in [0.5, 0.6) is 5.75 Å². The van der Waals surface area contributed by atoms with Crippen LogP contribution in [-0.4, -0.2) is 39.3 Å². The number of amides is 1. The van der Waals surface area contributed by atoms with Gasteiger partial charge in [0.05, 0.1) is 0 Å². The van der Waals surface area contributed by atoms with Gasteiger partial charge in [0.1, 0.15) is 5.75 Å². The maximum absolute atomic E-state index is 11.7. The standard InChI is InChI=1S/C16H26N2O3/c1-4-17-11-14-10-13(2)6-7-15(14)21-12-16(19)18-8-5-9-20-3/h6-7,10,17H,4-5,8-9,11-12H2,1-3H3,(H,18,19). The van der Waals surface area contributed by atoms with Crippen molar-refractivity contribution >= 4 is 5.91 Å². The number of hydrogen-bond acceptors (Lipinski definition) is 4. The lowest BCUT2D eigenvalue weighted by Gasteiger charge is -2.13. The van der Waals surface area contributed by atoms with E-state index in [0.717, 1.165) is 30.8 Å². The molecule has 0 radical (unpaired) electrons. The first-order chi connectivity index (χ1) is 10.2. The van der Waals surface area contributed by atoms with E-state index in [4.69, 9.17) is 9.47 Å².